The summed E-state index contributed by atoms with van der Waals surface area (Å²) in [7, 11) is 3.62. The van der Waals surface area contributed by atoms with Crippen LogP contribution >= 0.6 is 0 Å². The summed E-state index contributed by atoms with van der Waals surface area (Å²) in [6.45, 7) is 7.29. The van der Waals surface area contributed by atoms with E-state index in [1.165, 1.54) is 0 Å². The van der Waals surface area contributed by atoms with Crippen molar-refractivity contribution in [2.75, 3.05) is 40.5 Å². The van der Waals surface area contributed by atoms with Gasteiger partial charge in [-0.1, -0.05) is 6.92 Å². The number of aliphatic hydroxyl groups excluding tert-OH is 1. The van der Waals surface area contributed by atoms with E-state index < -0.39 is 0 Å². The molecule has 0 heterocycles. The van der Waals surface area contributed by atoms with Crippen LogP contribution < -0.4 is 5.32 Å². The molecular weight excluding hydrogens is 192 g/mol. The highest BCUT2D eigenvalue weighted by molar-refractivity contribution is 4.70. The van der Waals surface area contributed by atoms with E-state index in [0.29, 0.717) is 6.04 Å². The Balaban J connectivity index is 3.87. The Kier molecular flexibility index (Phi) is 9.00. The molecule has 0 saturated heterocycles. The molecule has 4 heteroatoms. The van der Waals surface area contributed by atoms with Gasteiger partial charge < -0.3 is 15.2 Å². The second kappa shape index (κ2) is 9.09. The smallest absolute Gasteiger partial charge is 0.0615 e. The number of likely N-dealkylation sites (N-methyl/N-ethyl adjacent to an activating group) is 2. The molecule has 2 atom stereocenters. The van der Waals surface area contributed by atoms with Gasteiger partial charge in [0.25, 0.3) is 0 Å². The summed E-state index contributed by atoms with van der Waals surface area (Å²) in [5, 5.41) is 12.1. The van der Waals surface area contributed by atoms with Crippen molar-refractivity contribution in [3.05, 3.63) is 0 Å². The van der Waals surface area contributed by atoms with Crippen LogP contribution in [-0.2, 0) is 4.74 Å². The third kappa shape index (κ3) is 6.10. The second-order valence-corrected chi connectivity index (χ2v) is 3.89. The van der Waals surface area contributed by atoms with E-state index in [9.17, 15) is 0 Å². The molecule has 0 fully saturated rings. The Hall–Kier alpha value is -0.160. The predicted octanol–water partition coefficient (Wildman–Crippen LogP) is 0.314. The molecule has 0 aliphatic heterocycles. The molecule has 0 radical (unpaired) electrons. The van der Waals surface area contributed by atoms with Crippen LogP contribution in [0.4, 0.5) is 0 Å². The Morgan fingerprint density at radius 3 is 2.53 bits per heavy atom. The maximum atomic E-state index is 9.05. The van der Waals surface area contributed by atoms with E-state index >= 15 is 0 Å². The Morgan fingerprint density at radius 1 is 1.47 bits per heavy atom. The first kappa shape index (κ1) is 14.8. The maximum absolute atomic E-state index is 9.05. The van der Waals surface area contributed by atoms with E-state index in [-0.39, 0.29) is 12.6 Å². The minimum Gasteiger partial charge on any atom is -0.395 e. The van der Waals surface area contributed by atoms with Gasteiger partial charge in [-0.3, -0.25) is 4.90 Å². The van der Waals surface area contributed by atoms with E-state index in [1.54, 1.807) is 7.11 Å². The number of nitrogens with zero attached hydrogens (tertiary/aromatic N) is 1. The monoisotopic (exact) mass is 218 g/mol. The summed E-state index contributed by atoms with van der Waals surface area (Å²) in [6.07, 6.45) is 0.967. The lowest BCUT2D eigenvalue weighted by Gasteiger charge is -2.28. The van der Waals surface area contributed by atoms with Gasteiger partial charge in [0, 0.05) is 25.7 Å². The zero-order valence-corrected chi connectivity index (χ0v) is 10.5. The zero-order valence-electron chi connectivity index (χ0n) is 10.5. The van der Waals surface area contributed by atoms with Gasteiger partial charge in [-0.05, 0) is 26.9 Å². The van der Waals surface area contributed by atoms with Crippen molar-refractivity contribution in [3.8, 4) is 0 Å². The molecular formula is C11H26N2O2. The molecule has 2 N–H and O–H groups in total. The van der Waals surface area contributed by atoms with Crippen LogP contribution in [0.1, 0.15) is 20.3 Å². The number of hydrogen-bond donors (Lipinski definition) is 2. The minimum absolute atomic E-state index is 0.201. The van der Waals surface area contributed by atoms with Crippen molar-refractivity contribution in [3.63, 3.8) is 0 Å². The van der Waals surface area contributed by atoms with Crippen molar-refractivity contribution in [2.24, 2.45) is 0 Å². The van der Waals surface area contributed by atoms with Gasteiger partial charge in [-0.25, -0.2) is 0 Å². The number of methoxy groups -OCH3 is 1. The molecule has 0 saturated carbocycles. The van der Waals surface area contributed by atoms with Gasteiger partial charge in [0.15, 0.2) is 0 Å². The van der Waals surface area contributed by atoms with Gasteiger partial charge in [-0.15, -0.1) is 0 Å². The molecule has 0 spiro atoms. The maximum Gasteiger partial charge on any atom is 0.0615 e. The summed E-state index contributed by atoms with van der Waals surface area (Å²) >= 11 is 0. The van der Waals surface area contributed by atoms with Gasteiger partial charge >= 0.3 is 0 Å². The number of nitrogens with one attached hydrogen (secondary N) is 1. The lowest BCUT2D eigenvalue weighted by atomic mass is 10.2. The Bertz CT molecular complexity index is 141. The predicted molar refractivity (Wildman–Crippen MR) is 63.1 cm³/mol. The standard InChI is InChI=1S/C11H26N2O2/c1-5-13(10(2)9-15-4)7-6-11(8-14)12-3/h10-12,14H,5-9H2,1-4H3. The second-order valence-electron chi connectivity index (χ2n) is 3.89. The summed E-state index contributed by atoms with van der Waals surface area (Å²) in [4.78, 5) is 2.36. The zero-order chi connectivity index (χ0) is 11.7. The van der Waals surface area contributed by atoms with E-state index in [1.807, 2.05) is 7.05 Å². The van der Waals surface area contributed by atoms with Crippen molar-refractivity contribution in [1.82, 2.24) is 10.2 Å². The van der Waals surface area contributed by atoms with E-state index in [2.05, 4.69) is 24.1 Å². The van der Waals surface area contributed by atoms with Crippen molar-refractivity contribution >= 4 is 0 Å². The van der Waals surface area contributed by atoms with Crippen LogP contribution in [-0.4, -0.2) is 62.6 Å². The van der Waals surface area contributed by atoms with Crippen LogP contribution in [0.25, 0.3) is 0 Å². The minimum atomic E-state index is 0.201. The highest BCUT2D eigenvalue weighted by Gasteiger charge is 2.13. The fourth-order valence-corrected chi connectivity index (χ4v) is 1.69. The lowest BCUT2D eigenvalue weighted by Crippen LogP contribution is -2.40. The van der Waals surface area contributed by atoms with Crippen molar-refractivity contribution in [1.29, 1.82) is 0 Å². The average Bonchev–Trinajstić information content (AvgIpc) is 2.25. The van der Waals surface area contributed by atoms with E-state index in [4.69, 9.17) is 9.84 Å². The molecule has 0 rings (SSSR count). The van der Waals surface area contributed by atoms with Crippen LogP contribution in [0.5, 0.6) is 0 Å². The molecule has 0 aromatic heterocycles. The fraction of sp³-hybridized carbons (Fsp3) is 1.00. The van der Waals surface area contributed by atoms with Crippen LogP contribution in [0.3, 0.4) is 0 Å². The van der Waals surface area contributed by atoms with Crippen LogP contribution in [0.15, 0.2) is 0 Å². The lowest BCUT2D eigenvalue weighted by molar-refractivity contribution is 0.0974. The van der Waals surface area contributed by atoms with Gasteiger partial charge in [0.1, 0.15) is 0 Å². The first-order valence-corrected chi connectivity index (χ1v) is 5.70. The van der Waals surface area contributed by atoms with Gasteiger partial charge in [0.2, 0.25) is 0 Å². The first-order chi connectivity index (χ1) is 7.19. The molecule has 0 aromatic carbocycles. The van der Waals surface area contributed by atoms with Crippen LogP contribution in [0.2, 0.25) is 0 Å². The average molecular weight is 218 g/mol. The molecule has 0 aromatic rings. The summed E-state index contributed by atoms with van der Waals surface area (Å²) < 4.78 is 5.14. The third-order valence-electron chi connectivity index (χ3n) is 2.83. The largest absolute Gasteiger partial charge is 0.395 e. The number of aliphatic hydroxyl groups is 1. The topological polar surface area (TPSA) is 44.7 Å². The molecule has 0 aliphatic carbocycles. The molecule has 15 heavy (non-hydrogen) atoms. The number of rotatable bonds is 9. The Morgan fingerprint density at radius 2 is 2.13 bits per heavy atom. The van der Waals surface area contributed by atoms with Crippen LogP contribution in [0, 0.1) is 0 Å². The molecule has 4 nitrogen and oxygen atoms in total. The molecule has 2 unspecified atom stereocenters. The molecule has 92 valence electrons. The highest BCUT2D eigenvalue weighted by atomic mass is 16.5. The van der Waals surface area contributed by atoms with Crippen molar-refractivity contribution < 1.29 is 9.84 Å². The summed E-state index contributed by atoms with van der Waals surface area (Å²) in [5.74, 6) is 0. The number of ether oxygens (including phenoxy) is 1. The molecule has 0 bridgehead atoms. The highest BCUT2D eigenvalue weighted by Crippen LogP contribution is 2.02. The normalized spacial score (nSPS) is 15.6. The van der Waals surface area contributed by atoms with Gasteiger partial charge in [-0.2, -0.15) is 0 Å². The van der Waals surface area contributed by atoms with Gasteiger partial charge in [0.05, 0.1) is 13.2 Å². The first-order valence-electron chi connectivity index (χ1n) is 5.70. The van der Waals surface area contributed by atoms with Crippen molar-refractivity contribution in [2.45, 2.75) is 32.4 Å². The SMILES string of the molecule is CCN(CCC(CO)NC)C(C)COC. The third-order valence-corrected chi connectivity index (χ3v) is 2.83. The quantitative estimate of drug-likeness (QED) is 0.585. The summed E-state index contributed by atoms with van der Waals surface area (Å²) in [6, 6.07) is 0.644. The molecule has 0 aliphatic rings. The van der Waals surface area contributed by atoms with E-state index in [0.717, 1.165) is 26.1 Å². The Labute approximate surface area is 93.6 Å². The molecule has 0 amide bonds. The number of hydrogen-bond acceptors (Lipinski definition) is 4. The summed E-state index contributed by atoms with van der Waals surface area (Å²) in [5.41, 5.74) is 0. The fourth-order valence-electron chi connectivity index (χ4n) is 1.69.